The number of aryl methyl sites for hydroxylation is 1. The van der Waals surface area contributed by atoms with Gasteiger partial charge in [-0.25, -0.2) is 0 Å². The lowest BCUT2D eigenvalue weighted by molar-refractivity contribution is -0.133. The van der Waals surface area contributed by atoms with Crippen LogP contribution in [0.5, 0.6) is 0 Å². The Labute approximate surface area is 154 Å². The van der Waals surface area contributed by atoms with E-state index in [-0.39, 0.29) is 24.9 Å². The Morgan fingerprint density at radius 2 is 1.92 bits per heavy atom. The number of piperidine rings is 1. The predicted molar refractivity (Wildman–Crippen MR) is 98.5 cm³/mol. The van der Waals surface area contributed by atoms with Gasteiger partial charge in [0.1, 0.15) is 6.54 Å². The maximum Gasteiger partial charge on any atom is 0.246 e. The molecule has 1 aromatic heterocycles. The number of nitrogens with one attached hydrogen (secondary N) is 1. The fourth-order valence-corrected chi connectivity index (χ4v) is 3.02. The minimum absolute atomic E-state index is 0. The fraction of sp³-hybridized carbons (Fsp3) is 0.529. The van der Waals surface area contributed by atoms with Gasteiger partial charge in [-0.05, 0) is 44.5 Å². The van der Waals surface area contributed by atoms with Crippen LogP contribution >= 0.6 is 12.4 Å². The second-order valence-corrected chi connectivity index (χ2v) is 6.39. The topological polar surface area (TPSA) is 75.9 Å². The van der Waals surface area contributed by atoms with Crippen molar-refractivity contribution in [1.29, 1.82) is 0 Å². The van der Waals surface area contributed by atoms with Crippen molar-refractivity contribution in [1.82, 2.24) is 30.4 Å². The molecule has 2 heterocycles. The standard InChI is InChI=1S/C17H24N6O.ClH/c1-13-3-5-15(6-4-13)17-19-21-23(20-17)12-16(24)22-9-7-14(8-10-22)11-18-2;/h3-6,14,18H,7-12H2,1-2H3;1H. The predicted octanol–water partition coefficient (Wildman–Crippen LogP) is 1.53. The highest BCUT2D eigenvalue weighted by atomic mass is 35.5. The molecule has 1 fully saturated rings. The normalized spacial score (nSPS) is 15.0. The third kappa shape index (κ3) is 4.99. The van der Waals surface area contributed by atoms with Crippen LogP contribution < -0.4 is 5.32 Å². The lowest BCUT2D eigenvalue weighted by Gasteiger charge is -2.31. The monoisotopic (exact) mass is 364 g/mol. The third-order valence-electron chi connectivity index (χ3n) is 4.50. The first kappa shape index (κ1) is 19.3. The quantitative estimate of drug-likeness (QED) is 0.870. The van der Waals surface area contributed by atoms with Crippen LogP contribution in [0, 0.1) is 12.8 Å². The maximum absolute atomic E-state index is 12.4. The first-order valence-corrected chi connectivity index (χ1v) is 8.43. The summed E-state index contributed by atoms with van der Waals surface area (Å²) in [7, 11) is 1.97. The first-order chi connectivity index (χ1) is 11.7. The molecular formula is C17H25ClN6O. The number of likely N-dealkylation sites (tertiary alicyclic amines) is 1. The van der Waals surface area contributed by atoms with Gasteiger partial charge in [0.25, 0.3) is 0 Å². The van der Waals surface area contributed by atoms with Crippen molar-refractivity contribution in [2.45, 2.75) is 26.3 Å². The van der Waals surface area contributed by atoms with Crippen LogP contribution in [0.1, 0.15) is 18.4 Å². The molecule has 1 aromatic carbocycles. The van der Waals surface area contributed by atoms with Gasteiger partial charge in [-0.2, -0.15) is 4.80 Å². The number of nitrogens with zero attached hydrogens (tertiary/aromatic N) is 5. The number of tetrazole rings is 1. The zero-order valence-corrected chi connectivity index (χ0v) is 15.5. The summed E-state index contributed by atoms with van der Waals surface area (Å²) in [6.45, 7) is 4.82. The van der Waals surface area contributed by atoms with Crippen molar-refractivity contribution in [2.75, 3.05) is 26.7 Å². The molecule has 1 N–H and O–H groups in total. The minimum Gasteiger partial charge on any atom is -0.341 e. The summed E-state index contributed by atoms with van der Waals surface area (Å²) in [4.78, 5) is 15.7. The number of carbonyl (C=O) groups excluding carboxylic acids is 1. The van der Waals surface area contributed by atoms with Gasteiger partial charge in [0.15, 0.2) is 0 Å². The van der Waals surface area contributed by atoms with Crippen molar-refractivity contribution in [2.24, 2.45) is 5.92 Å². The second-order valence-electron chi connectivity index (χ2n) is 6.39. The highest BCUT2D eigenvalue weighted by Crippen LogP contribution is 2.17. The van der Waals surface area contributed by atoms with Gasteiger partial charge in [-0.15, -0.1) is 22.6 Å². The number of hydrogen-bond acceptors (Lipinski definition) is 5. The van der Waals surface area contributed by atoms with Gasteiger partial charge in [-0.1, -0.05) is 29.8 Å². The van der Waals surface area contributed by atoms with Crippen LogP contribution in [-0.2, 0) is 11.3 Å². The van der Waals surface area contributed by atoms with Crippen molar-refractivity contribution in [3.63, 3.8) is 0 Å². The van der Waals surface area contributed by atoms with E-state index in [0.717, 1.165) is 38.0 Å². The molecule has 0 unspecified atom stereocenters. The lowest BCUT2D eigenvalue weighted by atomic mass is 9.97. The summed E-state index contributed by atoms with van der Waals surface area (Å²) in [5.74, 6) is 1.28. The molecular weight excluding hydrogens is 340 g/mol. The second kappa shape index (κ2) is 8.92. The summed E-state index contributed by atoms with van der Waals surface area (Å²) < 4.78 is 0. The SMILES string of the molecule is CNCC1CCN(C(=O)Cn2nnc(-c3ccc(C)cc3)n2)CC1.Cl. The summed E-state index contributed by atoms with van der Waals surface area (Å²) >= 11 is 0. The Morgan fingerprint density at radius 3 is 2.56 bits per heavy atom. The Bertz CT molecular complexity index is 679. The van der Waals surface area contributed by atoms with E-state index in [0.29, 0.717) is 11.7 Å². The molecule has 0 bridgehead atoms. The molecule has 1 aliphatic heterocycles. The van der Waals surface area contributed by atoms with E-state index in [9.17, 15) is 4.79 Å². The number of benzene rings is 1. The lowest BCUT2D eigenvalue weighted by Crippen LogP contribution is -2.42. The van der Waals surface area contributed by atoms with E-state index in [1.54, 1.807) is 0 Å². The summed E-state index contributed by atoms with van der Waals surface area (Å²) in [5, 5.41) is 15.6. The van der Waals surface area contributed by atoms with Crippen LogP contribution in [-0.4, -0.2) is 57.7 Å². The largest absolute Gasteiger partial charge is 0.341 e. The molecule has 136 valence electrons. The fourth-order valence-electron chi connectivity index (χ4n) is 3.02. The highest BCUT2D eigenvalue weighted by Gasteiger charge is 2.23. The van der Waals surface area contributed by atoms with Gasteiger partial charge >= 0.3 is 0 Å². The molecule has 7 nitrogen and oxygen atoms in total. The molecule has 0 aliphatic carbocycles. The van der Waals surface area contributed by atoms with Gasteiger partial charge in [0, 0.05) is 18.7 Å². The molecule has 0 atom stereocenters. The molecule has 3 rings (SSSR count). The number of rotatable bonds is 5. The Kier molecular flexibility index (Phi) is 6.90. The van der Waals surface area contributed by atoms with E-state index in [4.69, 9.17) is 0 Å². The van der Waals surface area contributed by atoms with Gasteiger partial charge < -0.3 is 10.2 Å². The first-order valence-electron chi connectivity index (χ1n) is 8.43. The molecule has 2 aromatic rings. The molecule has 0 radical (unpaired) electrons. The van der Waals surface area contributed by atoms with E-state index < -0.39 is 0 Å². The van der Waals surface area contributed by atoms with E-state index in [1.807, 2.05) is 43.1 Å². The summed E-state index contributed by atoms with van der Waals surface area (Å²) in [6, 6.07) is 7.95. The average Bonchev–Trinajstić information content (AvgIpc) is 3.05. The highest BCUT2D eigenvalue weighted by molar-refractivity contribution is 5.85. The van der Waals surface area contributed by atoms with Crippen molar-refractivity contribution in [3.05, 3.63) is 29.8 Å². The number of aromatic nitrogens is 4. The molecule has 1 aliphatic rings. The van der Waals surface area contributed by atoms with Gasteiger partial charge in [0.05, 0.1) is 0 Å². The van der Waals surface area contributed by atoms with Crippen LogP contribution in [0.3, 0.4) is 0 Å². The van der Waals surface area contributed by atoms with Crippen molar-refractivity contribution < 1.29 is 4.79 Å². The molecule has 8 heteroatoms. The molecule has 1 amide bonds. The van der Waals surface area contributed by atoms with Crippen LogP contribution in [0.25, 0.3) is 11.4 Å². The molecule has 0 spiro atoms. The Morgan fingerprint density at radius 1 is 1.24 bits per heavy atom. The molecule has 25 heavy (non-hydrogen) atoms. The van der Waals surface area contributed by atoms with E-state index >= 15 is 0 Å². The zero-order valence-electron chi connectivity index (χ0n) is 14.7. The zero-order chi connectivity index (χ0) is 16.9. The third-order valence-corrected chi connectivity index (χ3v) is 4.50. The maximum atomic E-state index is 12.4. The smallest absolute Gasteiger partial charge is 0.246 e. The Balaban J connectivity index is 0.00000225. The Hall–Kier alpha value is -1.99. The van der Waals surface area contributed by atoms with Crippen LogP contribution in [0.2, 0.25) is 0 Å². The molecule has 1 saturated heterocycles. The van der Waals surface area contributed by atoms with Gasteiger partial charge in [0.2, 0.25) is 11.7 Å². The van der Waals surface area contributed by atoms with Crippen molar-refractivity contribution in [3.8, 4) is 11.4 Å². The molecule has 0 saturated carbocycles. The number of amides is 1. The number of halogens is 1. The van der Waals surface area contributed by atoms with Crippen LogP contribution in [0.15, 0.2) is 24.3 Å². The van der Waals surface area contributed by atoms with E-state index in [1.165, 1.54) is 10.4 Å². The summed E-state index contributed by atoms with van der Waals surface area (Å²) in [6.07, 6.45) is 2.10. The number of hydrogen-bond donors (Lipinski definition) is 1. The van der Waals surface area contributed by atoms with Crippen LogP contribution in [0.4, 0.5) is 0 Å². The minimum atomic E-state index is 0. The van der Waals surface area contributed by atoms with Crippen molar-refractivity contribution >= 4 is 18.3 Å². The number of carbonyl (C=O) groups is 1. The summed E-state index contributed by atoms with van der Waals surface area (Å²) in [5.41, 5.74) is 2.09. The van der Waals surface area contributed by atoms with E-state index in [2.05, 4.69) is 20.7 Å². The van der Waals surface area contributed by atoms with Gasteiger partial charge in [-0.3, -0.25) is 4.79 Å². The average molecular weight is 365 g/mol.